The molecule has 1 fully saturated rings. The number of hydrogen-bond donors (Lipinski definition) is 1. The molecule has 1 N–H and O–H groups in total. The molecule has 2 heterocycles. The Morgan fingerprint density at radius 3 is 2.03 bits per heavy atom. The average molecular weight is 421 g/mol. The van der Waals surface area contributed by atoms with Crippen molar-refractivity contribution in [3.63, 3.8) is 0 Å². The van der Waals surface area contributed by atoms with Crippen LogP contribution in [0.5, 0.6) is 0 Å². The van der Waals surface area contributed by atoms with Crippen molar-refractivity contribution in [1.82, 2.24) is 14.8 Å². The molecule has 0 aliphatic carbocycles. The topological polar surface area (TPSA) is 65.5 Å². The highest BCUT2D eigenvalue weighted by Gasteiger charge is 2.29. The van der Waals surface area contributed by atoms with Crippen LogP contribution < -0.4 is 5.32 Å². The summed E-state index contributed by atoms with van der Waals surface area (Å²) >= 11 is 1.27. The van der Waals surface area contributed by atoms with Crippen LogP contribution in [0.3, 0.4) is 0 Å². The van der Waals surface area contributed by atoms with Crippen molar-refractivity contribution in [1.29, 1.82) is 0 Å². The fourth-order valence-corrected chi connectivity index (χ4v) is 4.54. The van der Waals surface area contributed by atoms with Crippen molar-refractivity contribution in [2.24, 2.45) is 0 Å². The molecule has 0 atom stereocenters. The molecule has 154 valence electrons. The molecule has 1 aliphatic rings. The van der Waals surface area contributed by atoms with Crippen molar-refractivity contribution in [2.75, 3.05) is 31.5 Å². The van der Waals surface area contributed by atoms with E-state index in [1.54, 1.807) is 5.38 Å². The molecule has 0 spiro atoms. The van der Waals surface area contributed by atoms with Crippen molar-refractivity contribution in [2.45, 2.75) is 13.0 Å². The Bertz CT molecular complexity index is 959. The third-order valence-electron chi connectivity index (χ3n) is 5.20. The largest absolute Gasteiger partial charge is 0.335 e. The average Bonchev–Trinajstić information content (AvgIpc) is 3.23. The summed E-state index contributed by atoms with van der Waals surface area (Å²) in [6.07, 6.45) is 0. The van der Waals surface area contributed by atoms with Gasteiger partial charge < -0.3 is 10.2 Å². The van der Waals surface area contributed by atoms with E-state index in [0.29, 0.717) is 23.9 Å². The second-order valence-corrected chi connectivity index (χ2v) is 8.13. The SMILES string of the molecule is CC(=O)Nc1nc(C(=O)N2CCN(C(c3ccccc3)c3ccccc3)CC2)cs1. The molecule has 4 rings (SSSR count). The van der Waals surface area contributed by atoms with Gasteiger partial charge in [0.25, 0.3) is 5.91 Å². The van der Waals surface area contributed by atoms with Crippen molar-refractivity contribution in [3.05, 3.63) is 82.9 Å². The lowest BCUT2D eigenvalue weighted by molar-refractivity contribution is -0.114. The van der Waals surface area contributed by atoms with E-state index < -0.39 is 0 Å². The van der Waals surface area contributed by atoms with Gasteiger partial charge in [0.2, 0.25) is 5.91 Å². The van der Waals surface area contributed by atoms with Crippen LogP contribution in [0.15, 0.2) is 66.0 Å². The van der Waals surface area contributed by atoms with E-state index in [0.717, 1.165) is 13.1 Å². The van der Waals surface area contributed by atoms with Gasteiger partial charge in [0.05, 0.1) is 6.04 Å². The van der Waals surface area contributed by atoms with Crippen LogP contribution in [0.25, 0.3) is 0 Å². The zero-order chi connectivity index (χ0) is 20.9. The normalized spacial score (nSPS) is 14.7. The predicted octanol–water partition coefficient (Wildman–Crippen LogP) is 3.65. The van der Waals surface area contributed by atoms with E-state index in [1.165, 1.54) is 29.4 Å². The number of thiazole rings is 1. The number of rotatable bonds is 5. The monoisotopic (exact) mass is 420 g/mol. The molecule has 30 heavy (non-hydrogen) atoms. The Morgan fingerprint density at radius 2 is 1.50 bits per heavy atom. The van der Waals surface area contributed by atoms with Crippen molar-refractivity contribution in [3.8, 4) is 0 Å². The summed E-state index contributed by atoms with van der Waals surface area (Å²) in [5.74, 6) is -0.275. The maximum Gasteiger partial charge on any atom is 0.273 e. The maximum absolute atomic E-state index is 12.9. The minimum atomic E-state index is -0.190. The molecule has 3 aromatic rings. The van der Waals surface area contributed by atoms with Gasteiger partial charge in [-0.1, -0.05) is 60.7 Å². The van der Waals surface area contributed by atoms with Crippen LogP contribution in [0.2, 0.25) is 0 Å². The Morgan fingerprint density at radius 1 is 0.933 bits per heavy atom. The Balaban J connectivity index is 1.46. The minimum Gasteiger partial charge on any atom is -0.335 e. The third kappa shape index (κ3) is 4.58. The molecule has 1 aromatic heterocycles. The summed E-state index contributed by atoms with van der Waals surface area (Å²) < 4.78 is 0. The summed E-state index contributed by atoms with van der Waals surface area (Å²) in [6, 6.07) is 21.1. The van der Waals surface area contributed by atoms with Gasteiger partial charge in [0, 0.05) is 38.5 Å². The lowest BCUT2D eigenvalue weighted by Crippen LogP contribution is -2.50. The second-order valence-electron chi connectivity index (χ2n) is 7.27. The molecule has 2 aromatic carbocycles. The minimum absolute atomic E-state index is 0.0847. The van der Waals surface area contributed by atoms with E-state index in [9.17, 15) is 9.59 Å². The molecule has 7 heteroatoms. The van der Waals surface area contributed by atoms with Crippen LogP contribution >= 0.6 is 11.3 Å². The lowest BCUT2D eigenvalue weighted by atomic mass is 9.96. The molecule has 1 aliphatic heterocycles. The van der Waals surface area contributed by atoms with E-state index in [4.69, 9.17) is 0 Å². The fraction of sp³-hybridized carbons (Fsp3) is 0.261. The van der Waals surface area contributed by atoms with Gasteiger partial charge >= 0.3 is 0 Å². The van der Waals surface area contributed by atoms with E-state index in [-0.39, 0.29) is 17.9 Å². The smallest absolute Gasteiger partial charge is 0.273 e. The molecule has 0 unspecified atom stereocenters. The lowest BCUT2D eigenvalue weighted by Gasteiger charge is -2.39. The predicted molar refractivity (Wildman–Crippen MR) is 119 cm³/mol. The van der Waals surface area contributed by atoms with Gasteiger partial charge in [-0.2, -0.15) is 0 Å². The van der Waals surface area contributed by atoms with E-state index in [1.807, 2.05) is 17.0 Å². The van der Waals surface area contributed by atoms with Gasteiger partial charge in [-0.25, -0.2) is 4.98 Å². The zero-order valence-corrected chi connectivity index (χ0v) is 17.6. The number of carbonyl (C=O) groups is 2. The van der Waals surface area contributed by atoms with Crippen molar-refractivity contribution < 1.29 is 9.59 Å². The second kappa shape index (κ2) is 9.19. The summed E-state index contributed by atoms with van der Waals surface area (Å²) in [6.45, 7) is 4.27. The molecular formula is C23H24N4O2S. The number of piperazine rings is 1. The first-order valence-corrected chi connectivity index (χ1v) is 10.9. The molecular weight excluding hydrogens is 396 g/mol. The fourth-order valence-electron chi connectivity index (χ4n) is 3.81. The van der Waals surface area contributed by atoms with Crippen molar-refractivity contribution >= 4 is 28.3 Å². The Hall–Kier alpha value is -3.03. The molecule has 6 nitrogen and oxygen atoms in total. The van der Waals surface area contributed by atoms with E-state index in [2.05, 4.69) is 63.7 Å². The Labute approximate surface area is 180 Å². The summed E-state index contributed by atoms with van der Waals surface area (Å²) in [5, 5.41) is 4.79. The number of carbonyl (C=O) groups excluding carboxylic acids is 2. The highest BCUT2D eigenvalue weighted by molar-refractivity contribution is 7.14. The molecule has 0 saturated carbocycles. The number of anilines is 1. The zero-order valence-electron chi connectivity index (χ0n) is 16.8. The number of benzene rings is 2. The van der Waals surface area contributed by atoms with Gasteiger partial charge in [-0.3, -0.25) is 14.5 Å². The highest BCUT2D eigenvalue weighted by atomic mass is 32.1. The molecule has 2 amide bonds. The number of amides is 2. The number of hydrogen-bond acceptors (Lipinski definition) is 5. The molecule has 0 bridgehead atoms. The van der Waals surface area contributed by atoms with Gasteiger partial charge in [0.15, 0.2) is 5.13 Å². The quantitative estimate of drug-likeness (QED) is 0.684. The highest BCUT2D eigenvalue weighted by Crippen LogP contribution is 2.29. The summed E-state index contributed by atoms with van der Waals surface area (Å²) in [4.78, 5) is 32.6. The molecule has 1 saturated heterocycles. The van der Waals surface area contributed by atoms with Crippen LogP contribution in [-0.4, -0.2) is 52.8 Å². The summed E-state index contributed by atoms with van der Waals surface area (Å²) in [7, 11) is 0. The van der Waals surface area contributed by atoms with Gasteiger partial charge in [0.1, 0.15) is 5.69 Å². The van der Waals surface area contributed by atoms with Crippen LogP contribution in [0.4, 0.5) is 5.13 Å². The van der Waals surface area contributed by atoms with Crippen LogP contribution in [0, 0.1) is 0 Å². The standard InChI is InChI=1S/C23H24N4O2S/c1-17(28)24-23-25-20(16-30-23)22(29)27-14-12-26(13-15-27)21(18-8-4-2-5-9-18)19-10-6-3-7-11-19/h2-11,16,21H,12-15H2,1H3,(H,24,25,28). The third-order valence-corrected chi connectivity index (χ3v) is 5.96. The maximum atomic E-state index is 12.9. The van der Waals surface area contributed by atoms with Crippen LogP contribution in [-0.2, 0) is 4.79 Å². The number of aromatic nitrogens is 1. The van der Waals surface area contributed by atoms with Gasteiger partial charge in [-0.05, 0) is 11.1 Å². The first-order chi connectivity index (χ1) is 14.6. The Kier molecular flexibility index (Phi) is 6.21. The summed E-state index contributed by atoms with van der Waals surface area (Å²) in [5.41, 5.74) is 2.89. The van der Waals surface area contributed by atoms with Crippen LogP contribution in [0.1, 0.15) is 34.6 Å². The first-order valence-electron chi connectivity index (χ1n) is 9.98. The van der Waals surface area contributed by atoms with E-state index >= 15 is 0 Å². The first kappa shape index (κ1) is 20.3. The number of nitrogens with one attached hydrogen (secondary N) is 1. The molecule has 0 radical (unpaired) electrons. The number of nitrogens with zero attached hydrogens (tertiary/aromatic N) is 3. The van der Waals surface area contributed by atoms with Gasteiger partial charge in [-0.15, -0.1) is 11.3 Å².